The molecule has 0 heterocycles. The molecule has 3 nitrogen and oxygen atoms in total. The number of allylic oxidation sites excluding steroid dienone is 1. The highest BCUT2D eigenvalue weighted by molar-refractivity contribution is 5.85. The SMILES string of the molecule is CN(C)C(=O)C(C)(C)N[C@H]1C=CCCC1. The number of hydrogen-bond acceptors (Lipinski definition) is 2. The zero-order chi connectivity index (χ0) is 11.5. The number of hydrogen-bond donors (Lipinski definition) is 1. The molecule has 0 bridgehead atoms. The van der Waals surface area contributed by atoms with Gasteiger partial charge in [-0.25, -0.2) is 0 Å². The van der Waals surface area contributed by atoms with Gasteiger partial charge in [-0.15, -0.1) is 0 Å². The summed E-state index contributed by atoms with van der Waals surface area (Å²) >= 11 is 0. The summed E-state index contributed by atoms with van der Waals surface area (Å²) in [6.45, 7) is 3.88. The van der Waals surface area contributed by atoms with Crippen molar-refractivity contribution >= 4 is 5.91 Å². The molecule has 0 aromatic heterocycles. The van der Waals surface area contributed by atoms with Gasteiger partial charge >= 0.3 is 0 Å². The van der Waals surface area contributed by atoms with Crippen molar-refractivity contribution in [2.45, 2.75) is 44.7 Å². The van der Waals surface area contributed by atoms with Gasteiger partial charge in [-0.2, -0.15) is 0 Å². The van der Waals surface area contributed by atoms with E-state index in [0.29, 0.717) is 6.04 Å². The fourth-order valence-corrected chi connectivity index (χ4v) is 2.02. The predicted molar refractivity (Wildman–Crippen MR) is 62.7 cm³/mol. The van der Waals surface area contributed by atoms with Crippen molar-refractivity contribution in [3.05, 3.63) is 12.2 Å². The van der Waals surface area contributed by atoms with E-state index in [2.05, 4.69) is 17.5 Å². The van der Waals surface area contributed by atoms with Gasteiger partial charge in [0.15, 0.2) is 0 Å². The van der Waals surface area contributed by atoms with Gasteiger partial charge in [0.25, 0.3) is 0 Å². The zero-order valence-corrected chi connectivity index (χ0v) is 10.2. The largest absolute Gasteiger partial charge is 0.347 e. The Morgan fingerprint density at radius 3 is 2.60 bits per heavy atom. The second-order valence-electron chi connectivity index (χ2n) is 4.93. The normalized spacial score (nSPS) is 21.5. The monoisotopic (exact) mass is 210 g/mol. The molecule has 0 saturated carbocycles. The molecule has 1 aliphatic carbocycles. The van der Waals surface area contributed by atoms with E-state index in [0.717, 1.165) is 6.42 Å². The van der Waals surface area contributed by atoms with Crippen LogP contribution in [0.4, 0.5) is 0 Å². The molecule has 0 fully saturated rings. The van der Waals surface area contributed by atoms with Gasteiger partial charge in [-0.05, 0) is 33.1 Å². The molecule has 3 heteroatoms. The van der Waals surface area contributed by atoms with Gasteiger partial charge in [0.1, 0.15) is 0 Å². The average Bonchev–Trinajstić information content (AvgIpc) is 2.17. The van der Waals surface area contributed by atoms with Crippen LogP contribution in [-0.2, 0) is 4.79 Å². The number of amides is 1. The Morgan fingerprint density at radius 2 is 2.13 bits per heavy atom. The molecule has 1 rings (SSSR count). The number of likely N-dealkylation sites (N-methyl/N-ethyl adjacent to an activating group) is 1. The quantitative estimate of drug-likeness (QED) is 0.717. The number of nitrogens with one attached hydrogen (secondary N) is 1. The maximum absolute atomic E-state index is 11.9. The topological polar surface area (TPSA) is 32.3 Å². The molecule has 0 aromatic rings. The Morgan fingerprint density at radius 1 is 1.47 bits per heavy atom. The van der Waals surface area contributed by atoms with Crippen molar-refractivity contribution in [1.29, 1.82) is 0 Å². The molecule has 0 aromatic carbocycles. The second kappa shape index (κ2) is 4.79. The molecular formula is C12H22N2O. The van der Waals surface area contributed by atoms with Crippen molar-refractivity contribution in [3.63, 3.8) is 0 Å². The van der Waals surface area contributed by atoms with Crippen molar-refractivity contribution in [2.75, 3.05) is 14.1 Å². The van der Waals surface area contributed by atoms with E-state index in [9.17, 15) is 4.79 Å². The molecule has 0 saturated heterocycles. The Hall–Kier alpha value is -0.830. The van der Waals surface area contributed by atoms with Crippen LogP contribution in [-0.4, -0.2) is 36.5 Å². The van der Waals surface area contributed by atoms with Gasteiger partial charge in [0.05, 0.1) is 5.54 Å². The number of nitrogens with zero attached hydrogens (tertiary/aromatic N) is 1. The third-order valence-electron chi connectivity index (χ3n) is 2.74. The molecule has 1 amide bonds. The van der Waals surface area contributed by atoms with Crippen LogP contribution in [0.5, 0.6) is 0 Å². The lowest BCUT2D eigenvalue weighted by Crippen LogP contribution is -2.55. The summed E-state index contributed by atoms with van der Waals surface area (Å²) in [5.41, 5.74) is -0.476. The van der Waals surface area contributed by atoms with E-state index in [1.165, 1.54) is 12.8 Å². The fourth-order valence-electron chi connectivity index (χ4n) is 2.02. The molecule has 1 aliphatic rings. The molecule has 1 atom stereocenters. The second-order valence-corrected chi connectivity index (χ2v) is 4.93. The Kier molecular flexibility index (Phi) is 3.91. The smallest absolute Gasteiger partial charge is 0.241 e. The first kappa shape index (κ1) is 12.2. The predicted octanol–water partition coefficient (Wildman–Crippen LogP) is 1.55. The van der Waals surface area contributed by atoms with Crippen LogP contribution in [0.1, 0.15) is 33.1 Å². The van der Waals surface area contributed by atoms with Crippen LogP contribution in [0.2, 0.25) is 0 Å². The van der Waals surface area contributed by atoms with Gasteiger partial charge in [0, 0.05) is 20.1 Å². The number of carbonyl (C=O) groups excluding carboxylic acids is 1. The maximum Gasteiger partial charge on any atom is 0.241 e. The van der Waals surface area contributed by atoms with Crippen LogP contribution >= 0.6 is 0 Å². The highest BCUT2D eigenvalue weighted by Gasteiger charge is 2.30. The molecule has 0 aliphatic heterocycles. The van der Waals surface area contributed by atoms with Gasteiger partial charge in [0.2, 0.25) is 5.91 Å². The van der Waals surface area contributed by atoms with E-state index in [4.69, 9.17) is 0 Å². The standard InChI is InChI=1S/C12H22N2O/c1-12(2,11(15)14(3)4)13-10-8-6-5-7-9-10/h6,8,10,13H,5,7,9H2,1-4H3/t10-/m0/s1. The van der Waals surface area contributed by atoms with E-state index in [-0.39, 0.29) is 5.91 Å². The van der Waals surface area contributed by atoms with Crippen LogP contribution in [0.15, 0.2) is 12.2 Å². The fraction of sp³-hybridized carbons (Fsp3) is 0.750. The van der Waals surface area contributed by atoms with Crippen molar-refractivity contribution in [2.24, 2.45) is 0 Å². The Balaban J connectivity index is 2.58. The molecule has 0 radical (unpaired) electrons. The first-order chi connectivity index (χ1) is 6.93. The van der Waals surface area contributed by atoms with Gasteiger partial charge in [-0.3, -0.25) is 10.1 Å². The summed E-state index contributed by atoms with van der Waals surface area (Å²) in [4.78, 5) is 13.5. The summed E-state index contributed by atoms with van der Waals surface area (Å²) in [6.07, 6.45) is 7.87. The summed E-state index contributed by atoms with van der Waals surface area (Å²) in [7, 11) is 3.59. The molecule has 0 unspecified atom stereocenters. The van der Waals surface area contributed by atoms with E-state index < -0.39 is 5.54 Å². The first-order valence-corrected chi connectivity index (χ1v) is 5.59. The highest BCUT2D eigenvalue weighted by atomic mass is 16.2. The van der Waals surface area contributed by atoms with Crippen LogP contribution < -0.4 is 5.32 Å². The molecule has 0 spiro atoms. The van der Waals surface area contributed by atoms with Gasteiger partial charge < -0.3 is 4.90 Å². The zero-order valence-electron chi connectivity index (χ0n) is 10.2. The summed E-state index contributed by atoms with van der Waals surface area (Å²) in [5, 5.41) is 3.40. The van der Waals surface area contributed by atoms with E-state index in [1.807, 2.05) is 13.8 Å². The average molecular weight is 210 g/mol. The minimum atomic E-state index is -0.476. The lowest BCUT2D eigenvalue weighted by Gasteiger charge is -2.32. The lowest BCUT2D eigenvalue weighted by atomic mass is 9.97. The highest BCUT2D eigenvalue weighted by Crippen LogP contribution is 2.15. The van der Waals surface area contributed by atoms with Crippen LogP contribution in [0.25, 0.3) is 0 Å². The third kappa shape index (κ3) is 3.34. The lowest BCUT2D eigenvalue weighted by molar-refractivity contribution is -0.134. The summed E-state index contributed by atoms with van der Waals surface area (Å²) in [6, 6.07) is 0.345. The van der Waals surface area contributed by atoms with Crippen LogP contribution in [0.3, 0.4) is 0 Å². The molecule has 1 N–H and O–H groups in total. The van der Waals surface area contributed by atoms with Crippen LogP contribution in [0, 0.1) is 0 Å². The molecule has 86 valence electrons. The summed E-state index contributed by atoms with van der Waals surface area (Å²) in [5.74, 6) is 0.126. The third-order valence-corrected chi connectivity index (χ3v) is 2.74. The van der Waals surface area contributed by atoms with E-state index >= 15 is 0 Å². The minimum Gasteiger partial charge on any atom is -0.347 e. The number of carbonyl (C=O) groups is 1. The minimum absolute atomic E-state index is 0.126. The summed E-state index contributed by atoms with van der Waals surface area (Å²) < 4.78 is 0. The molecule has 15 heavy (non-hydrogen) atoms. The van der Waals surface area contributed by atoms with Crippen molar-refractivity contribution in [1.82, 2.24) is 10.2 Å². The Labute approximate surface area is 92.5 Å². The maximum atomic E-state index is 11.9. The Bertz CT molecular complexity index is 256. The first-order valence-electron chi connectivity index (χ1n) is 5.59. The van der Waals surface area contributed by atoms with Gasteiger partial charge in [-0.1, -0.05) is 12.2 Å². The number of rotatable bonds is 3. The van der Waals surface area contributed by atoms with Crippen molar-refractivity contribution < 1.29 is 4.79 Å². The van der Waals surface area contributed by atoms with Crippen molar-refractivity contribution in [3.8, 4) is 0 Å². The molecular weight excluding hydrogens is 188 g/mol. The van der Waals surface area contributed by atoms with E-state index in [1.54, 1.807) is 19.0 Å².